The van der Waals surface area contributed by atoms with Crippen molar-refractivity contribution in [1.29, 1.82) is 0 Å². The van der Waals surface area contributed by atoms with Crippen molar-refractivity contribution in [2.45, 2.75) is 0 Å². The molecule has 0 spiro atoms. The van der Waals surface area contributed by atoms with E-state index in [2.05, 4.69) is 263 Å². The number of hydrogen-bond acceptors (Lipinski definition) is 1. The van der Waals surface area contributed by atoms with Crippen LogP contribution in [-0.2, 0) is 0 Å². The molecule has 12 rings (SSSR count). The number of para-hydroxylation sites is 4. The zero-order chi connectivity index (χ0) is 41.7. The van der Waals surface area contributed by atoms with Crippen LogP contribution in [0.3, 0.4) is 0 Å². The third-order valence-corrected chi connectivity index (χ3v) is 12.5. The molecule has 0 atom stereocenters. The SMILES string of the molecule is c1ccc(-c2c(-c3ccccc3)n(-c3ccccc3)c3c2ccc2c(-c4ccc(N(c5ccccc5)c5ccc(-n6c7ccccc7c7ccccc76)cc5)cc4)cccc23)cc1. The van der Waals surface area contributed by atoms with E-state index < -0.39 is 0 Å². The molecule has 0 bridgehead atoms. The number of anilines is 3. The molecule has 296 valence electrons. The first-order chi connectivity index (χ1) is 31.3. The van der Waals surface area contributed by atoms with Gasteiger partial charge >= 0.3 is 0 Å². The van der Waals surface area contributed by atoms with Gasteiger partial charge < -0.3 is 14.0 Å². The van der Waals surface area contributed by atoms with Crippen LogP contribution in [0.15, 0.2) is 249 Å². The summed E-state index contributed by atoms with van der Waals surface area (Å²) in [7, 11) is 0. The van der Waals surface area contributed by atoms with Gasteiger partial charge in [-0.25, -0.2) is 0 Å². The minimum atomic E-state index is 1.09. The van der Waals surface area contributed by atoms with Crippen molar-refractivity contribution in [1.82, 2.24) is 9.13 Å². The fraction of sp³-hybridized carbons (Fsp3) is 0. The van der Waals surface area contributed by atoms with Crippen molar-refractivity contribution in [3.8, 4) is 44.9 Å². The molecule has 2 aromatic heterocycles. The first kappa shape index (κ1) is 36.5. The van der Waals surface area contributed by atoms with Crippen LogP contribution in [0.2, 0.25) is 0 Å². The molecule has 3 nitrogen and oxygen atoms in total. The van der Waals surface area contributed by atoms with Crippen LogP contribution >= 0.6 is 0 Å². The highest BCUT2D eigenvalue weighted by Crippen LogP contribution is 2.46. The summed E-state index contributed by atoms with van der Waals surface area (Å²) in [6, 6.07) is 89.9. The van der Waals surface area contributed by atoms with Crippen LogP contribution in [-0.4, -0.2) is 9.13 Å². The van der Waals surface area contributed by atoms with Crippen LogP contribution < -0.4 is 4.90 Å². The van der Waals surface area contributed by atoms with E-state index in [4.69, 9.17) is 0 Å². The van der Waals surface area contributed by atoms with E-state index >= 15 is 0 Å². The van der Waals surface area contributed by atoms with E-state index in [9.17, 15) is 0 Å². The minimum Gasteiger partial charge on any atom is -0.311 e. The highest BCUT2D eigenvalue weighted by Gasteiger charge is 2.24. The second-order valence-electron chi connectivity index (χ2n) is 16.1. The summed E-state index contributed by atoms with van der Waals surface area (Å²) in [5.74, 6) is 0. The predicted octanol–water partition coefficient (Wildman–Crippen LogP) is 16.4. The molecule has 0 N–H and O–H groups in total. The van der Waals surface area contributed by atoms with E-state index in [1.54, 1.807) is 0 Å². The summed E-state index contributed by atoms with van der Waals surface area (Å²) >= 11 is 0. The van der Waals surface area contributed by atoms with Crippen molar-refractivity contribution < 1.29 is 0 Å². The third kappa shape index (κ3) is 6.13. The molecule has 0 aliphatic rings. The summed E-state index contributed by atoms with van der Waals surface area (Å²) in [5.41, 5.74) is 16.4. The Bertz CT molecular complexity index is 3520. The summed E-state index contributed by atoms with van der Waals surface area (Å²) < 4.78 is 4.85. The zero-order valence-electron chi connectivity index (χ0n) is 34.5. The molecule has 63 heavy (non-hydrogen) atoms. The van der Waals surface area contributed by atoms with Crippen LogP contribution in [0.1, 0.15) is 0 Å². The second kappa shape index (κ2) is 15.3. The van der Waals surface area contributed by atoms with Gasteiger partial charge in [0.2, 0.25) is 0 Å². The molecule has 0 unspecified atom stereocenters. The van der Waals surface area contributed by atoms with Gasteiger partial charge in [-0.15, -0.1) is 0 Å². The number of benzene rings is 10. The lowest BCUT2D eigenvalue weighted by molar-refractivity contribution is 1.14. The Kier molecular flexibility index (Phi) is 8.83. The number of rotatable bonds is 8. The molecule has 12 aromatic rings. The van der Waals surface area contributed by atoms with E-state index in [0.717, 1.165) is 28.4 Å². The topological polar surface area (TPSA) is 13.1 Å². The summed E-state index contributed by atoms with van der Waals surface area (Å²) in [6.45, 7) is 0. The molecule has 0 aliphatic carbocycles. The van der Waals surface area contributed by atoms with Gasteiger partial charge in [-0.05, 0) is 100 Å². The molecular weight excluding hydrogens is 763 g/mol. The fourth-order valence-electron chi connectivity index (χ4n) is 9.76. The number of fused-ring (bicyclic) bond motifs is 6. The monoisotopic (exact) mass is 803 g/mol. The predicted molar refractivity (Wildman–Crippen MR) is 266 cm³/mol. The van der Waals surface area contributed by atoms with Crippen molar-refractivity contribution in [3.63, 3.8) is 0 Å². The van der Waals surface area contributed by atoms with Crippen molar-refractivity contribution in [2.24, 2.45) is 0 Å². The Labute approximate surface area is 366 Å². The smallest absolute Gasteiger partial charge is 0.0620 e. The average Bonchev–Trinajstić information content (AvgIpc) is 3.90. The van der Waals surface area contributed by atoms with Gasteiger partial charge in [-0.1, -0.05) is 176 Å². The van der Waals surface area contributed by atoms with Crippen LogP contribution in [0.5, 0.6) is 0 Å². The molecule has 0 saturated carbocycles. The van der Waals surface area contributed by atoms with Gasteiger partial charge in [0, 0.05) is 55.5 Å². The van der Waals surface area contributed by atoms with Gasteiger partial charge in [0.15, 0.2) is 0 Å². The number of nitrogens with zero attached hydrogens (tertiary/aromatic N) is 3. The van der Waals surface area contributed by atoms with Crippen LogP contribution in [0.4, 0.5) is 17.1 Å². The first-order valence-electron chi connectivity index (χ1n) is 21.6. The maximum absolute atomic E-state index is 2.48. The lowest BCUT2D eigenvalue weighted by Gasteiger charge is -2.26. The van der Waals surface area contributed by atoms with Crippen LogP contribution in [0, 0.1) is 0 Å². The normalized spacial score (nSPS) is 11.5. The van der Waals surface area contributed by atoms with Crippen molar-refractivity contribution in [2.75, 3.05) is 4.90 Å². The summed E-state index contributed by atoms with van der Waals surface area (Å²) in [5, 5.41) is 6.18. The molecular formula is C60H41N3. The van der Waals surface area contributed by atoms with E-state index in [1.807, 2.05) is 0 Å². The lowest BCUT2D eigenvalue weighted by atomic mass is 9.94. The Morgan fingerprint density at radius 1 is 0.270 bits per heavy atom. The molecule has 0 amide bonds. The highest BCUT2D eigenvalue weighted by molar-refractivity contribution is 6.18. The Morgan fingerprint density at radius 3 is 1.38 bits per heavy atom. The molecule has 0 fully saturated rings. The molecule has 10 aromatic carbocycles. The minimum absolute atomic E-state index is 1.09. The largest absolute Gasteiger partial charge is 0.311 e. The maximum atomic E-state index is 2.48. The lowest BCUT2D eigenvalue weighted by Crippen LogP contribution is -2.10. The summed E-state index contributed by atoms with van der Waals surface area (Å²) in [6.07, 6.45) is 0. The van der Waals surface area contributed by atoms with Crippen molar-refractivity contribution in [3.05, 3.63) is 249 Å². The van der Waals surface area contributed by atoms with E-state index in [0.29, 0.717) is 0 Å². The molecule has 2 heterocycles. The van der Waals surface area contributed by atoms with Gasteiger partial charge in [0.25, 0.3) is 0 Å². The number of aromatic nitrogens is 2. The first-order valence-corrected chi connectivity index (χ1v) is 21.6. The maximum Gasteiger partial charge on any atom is 0.0620 e. The van der Waals surface area contributed by atoms with Gasteiger partial charge in [0.1, 0.15) is 0 Å². The average molecular weight is 804 g/mol. The Balaban J connectivity index is 0.987. The third-order valence-electron chi connectivity index (χ3n) is 12.5. The van der Waals surface area contributed by atoms with Crippen molar-refractivity contribution >= 4 is 60.5 Å². The molecule has 0 aliphatic heterocycles. The zero-order valence-corrected chi connectivity index (χ0v) is 34.5. The van der Waals surface area contributed by atoms with Gasteiger partial charge in [0.05, 0.1) is 22.2 Å². The van der Waals surface area contributed by atoms with E-state index in [1.165, 1.54) is 77.0 Å². The molecule has 0 saturated heterocycles. The Morgan fingerprint density at radius 2 is 0.746 bits per heavy atom. The second-order valence-corrected chi connectivity index (χ2v) is 16.1. The molecule has 0 radical (unpaired) electrons. The highest BCUT2D eigenvalue weighted by atomic mass is 15.1. The quantitative estimate of drug-likeness (QED) is 0.149. The standard InChI is InChI=1S/C60H41N3/c1-5-18-43(19-6-1)58-55-41-40-51-50(28-17-29-54(51)60(55)63(46-24-11-4-12-25-46)59(58)44-20-7-2-8-21-44)42-32-34-47(35-33-42)61(45-22-9-3-10-23-45)48-36-38-49(39-37-48)62-56-30-15-13-26-52(56)53-27-14-16-31-57(53)62/h1-41H. The van der Waals surface area contributed by atoms with E-state index in [-0.39, 0.29) is 0 Å². The van der Waals surface area contributed by atoms with Gasteiger partial charge in [-0.2, -0.15) is 0 Å². The van der Waals surface area contributed by atoms with Gasteiger partial charge in [-0.3, -0.25) is 0 Å². The summed E-state index contributed by atoms with van der Waals surface area (Å²) in [4.78, 5) is 2.34. The van der Waals surface area contributed by atoms with Crippen LogP contribution in [0.25, 0.3) is 88.4 Å². The fourth-order valence-corrected chi connectivity index (χ4v) is 9.76. The molecule has 3 heteroatoms. The number of hydrogen-bond donors (Lipinski definition) is 0. The Hall–Kier alpha value is -8.40.